The molecule has 1 aliphatic heterocycles. The number of halogens is 1. The number of nitrogens with two attached hydrogens (primary N) is 1. The molecule has 1 aromatic rings. The van der Waals surface area contributed by atoms with Gasteiger partial charge < -0.3 is 16.0 Å². The Morgan fingerprint density at radius 3 is 3.09 bits per heavy atom. The van der Waals surface area contributed by atoms with Gasteiger partial charge in [-0.1, -0.05) is 13.0 Å². The largest absolute Gasteiger partial charge is 0.370 e. The van der Waals surface area contributed by atoms with E-state index in [1.807, 2.05) is 24.4 Å². The Labute approximate surface area is 150 Å². The molecule has 0 saturated carbocycles. The van der Waals surface area contributed by atoms with E-state index < -0.39 is 0 Å². The molecule has 1 aliphatic rings. The van der Waals surface area contributed by atoms with Gasteiger partial charge in [-0.05, 0) is 44.0 Å². The van der Waals surface area contributed by atoms with E-state index in [9.17, 15) is 0 Å². The number of hydrogen-bond donors (Lipinski definition) is 2. The van der Waals surface area contributed by atoms with Crippen LogP contribution < -0.4 is 11.1 Å². The first-order valence-corrected chi connectivity index (χ1v) is 7.94. The summed E-state index contributed by atoms with van der Waals surface area (Å²) in [5, 5.41) is 3.17. The van der Waals surface area contributed by atoms with E-state index in [0.29, 0.717) is 11.9 Å². The highest BCUT2D eigenvalue weighted by molar-refractivity contribution is 14.0. The first-order chi connectivity index (χ1) is 10.3. The Morgan fingerprint density at radius 2 is 2.36 bits per heavy atom. The van der Waals surface area contributed by atoms with Gasteiger partial charge in [0.15, 0.2) is 5.96 Å². The zero-order valence-electron chi connectivity index (χ0n) is 13.4. The van der Waals surface area contributed by atoms with Crippen LogP contribution in [0.3, 0.4) is 0 Å². The predicted molar refractivity (Wildman–Crippen MR) is 103 cm³/mol. The highest BCUT2D eigenvalue weighted by atomic mass is 127. The lowest BCUT2D eigenvalue weighted by atomic mass is 9.98. The van der Waals surface area contributed by atoms with Crippen LogP contribution in [0.1, 0.15) is 25.5 Å². The molecule has 0 bridgehead atoms. The molecule has 2 rings (SSSR count). The molecule has 22 heavy (non-hydrogen) atoms. The first-order valence-electron chi connectivity index (χ1n) is 7.94. The van der Waals surface area contributed by atoms with Gasteiger partial charge in [0.1, 0.15) is 0 Å². The molecule has 0 radical (unpaired) electrons. The number of piperidine rings is 1. The standard InChI is InChI=1S/C16H27N5.HI/c1-2-21-11-5-6-14(13-21)12-20-16(17)19-10-8-15-7-3-4-9-18-15;/h3-4,7,9,14H,2,5-6,8,10-13H2,1H3,(H3,17,19,20);1H. The monoisotopic (exact) mass is 417 g/mol. The smallest absolute Gasteiger partial charge is 0.188 e. The summed E-state index contributed by atoms with van der Waals surface area (Å²) in [6.07, 6.45) is 5.22. The molecule has 5 nitrogen and oxygen atoms in total. The van der Waals surface area contributed by atoms with Crippen LogP contribution in [0.5, 0.6) is 0 Å². The highest BCUT2D eigenvalue weighted by Crippen LogP contribution is 2.16. The topological polar surface area (TPSA) is 66.5 Å². The van der Waals surface area contributed by atoms with Crippen molar-refractivity contribution >= 4 is 29.9 Å². The minimum absolute atomic E-state index is 0. The average molecular weight is 417 g/mol. The van der Waals surface area contributed by atoms with Crippen molar-refractivity contribution in [1.82, 2.24) is 15.2 Å². The second-order valence-corrected chi connectivity index (χ2v) is 5.63. The number of guanidine groups is 1. The van der Waals surface area contributed by atoms with Crippen LogP contribution in [0.2, 0.25) is 0 Å². The van der Waals surface area contributed by atoms with Crippen molar-refractivity contribution in [2.75, 3.05) is 32.7 Å². The summed E-state index contributed by atoms with van der Waals surface area (Å²) in [5.74, 6) is 1.20. The molecular formula is C16H28IN5. The Balaban J connectivity index is 0.00000242. The lowest BCUT2D eigenvalue weighted by Crippen LogP contribution is -2.38. The molecule has 1 saturated heterocycles. The predicted octanol–water partition coefficient (Wildman–Crippen LogP) is 1.88. The fourth-order valence-corrected chi connectivity index (χ4v) is 2.74. The summed E-state index contributed by atoms with van der Waals surface area (Å²) in [7, 11) is 0. The van der Waals surface area contributed by atoms with Crippen LogP contribution in [0.4, 0.5) is 0 Å². The number of aromatic nitrogens is 1. The van der Waals surface area contributed by atoms with E-state index in [1.165, 1.54) is 19.4 Å². The molecule has 1 aromatic heterocycles. The molecule has 0 aliphatic carbocycles. The van der Waals surface area contributed by atoms with Gasteiger partial charge in [-0.15, -0.1) is 24.0 Å². The first kappa shape index (κ1) is 19.2. The maximum Gasteiger partial charge on any atom is 0.188 e. The second kappa shape index (κ2) is 10.8. The minimum Gasteiger partial charge on any atom is -0.370 e. The van der Waals surface area contributed by atoms with E-state index in [2.05, 4.69) is 27.1 Å². The fraction of sp³-hybridized carbons (Fsp3) is 0.625. The van der Waals surface area contributed by atoms with Gasteiger partial charge in [-0.2, -0.15) is 0 Å². The van der Waals surface area contributed by atoms with Crippen LogP contribution in [0.25, 0.3) is 0 Å². The molecule has 0 spiro atoms. The van der Waals surface area contributed by atoms with Gasteiger partial charge in [-0.25, -0.2) is 0 Å². The highest BCUT2D eigenvalue weighted by Gasteiger charge is 2.18. The van der Waals surface area contributed by atoms with E-state index in [-0.39, 0.29) is 24.0 Å². The van der Waals surface area contributed by atoms with Gasteiger partial charge in [0.2, 0.25) is 0 Å². The number of rotatable bonds is 6. The molecule has 2 heterocycles. The van der Waals surface area contributed by atoms with Crippen molar-refractivity contribution < 1.29 is 0 Å². The maximum atomic E-state index is 5.93. The zero-order valence-corrected chi connectivity index (χ0v) is 15.7. The second-order valence-electron chi connectivity index (χ2n) is 5.63. The van der Waals surface area contributed by atoms with Gasteiger partial charge in [0, 0.05) is 37.9 Å². The van der Waals surface area contributed by atoms with Crippen molar-refractivity contribution in [2.45, 2.75) is 26.2 Å². The van der Waals surface area contributed by atoms with E-state index in [0.717, 1.165) is 38.3 Å². The lowest BCUT2D eigenvalue weighted by molar-refractivity contribution is 0.186. The summed E-state index contributed by atoms with van der Waals surface area (Å²) in [6, 6.07) is 5.95. The quantitative estimate of drug-likeness (QED) is 0.422. The molecule has 1 unspecified atom stereocenters. The van der Waals surface area contributed by atoms with Crippen LogP contribution in [-0.2, 0) is 6.42 Å². The van der Waals surface area contributed by atoms with Gasteiger partial charge >= 0.3 is 0 Å². The van der Waals surface area contributed by atoms with Crippen LogP contribution in [-0.4, -0.2) is 48.6 Å². The molecule has 0 aromatic carbocycles. The molecule has 1 fully saturated rings. The third-order valence-electron chi connectivity index (χ3n) is 3.98. The fourth-order valence-electron chi connectivity index (χ4n) is 2.74. The van der Waals surface area contributed by atoms with Crippen LogP contribution in [0.15, 0.2) is 29.4 Å². The number of pyridine rings is 1. The molecule has 0 amide bonds. The molecule has 6 heteroatoms. The van der Waals surface area contributed by atoms with Gasteiger partial charge in [-0.3, -0.25) is 9.98 Å². The van der Waals surface area contributed by atoms with E-state index >= 15 is 0 Å². The molecule has 3 N–H and O–H groups in total. The molecule has 124 valence electrons. The normalized spacial score (nSPS) is 19.5. The van der Waals surface area contributed by atoms with Crippen molar-refractivity contribution in [2.24, 2.45) is 16.6 Å². The van der Waals surface area contributed by atoms with Crippen LogP contribution >= 0.6 is 24.0 Å². The summed E-state index contributed by atoms with van der Waals surface area (Å²) >= 11 is 0. The third kappa shape index (κ3) is 6.91. The molecular weight excluding hydrogens is 389 g/mol. The van der Waals surface area contributed by atoms with Crippen molar-refractivity contribution in [3.63, 3.8) is 0 Å². The lowest BCUT2D eigenvalue weighted by Gasteiger charge is -2.30. The SMILES string of the molecule is CCN1CCCC(CN=C(N)NCCc2ccccn2)C1.I. The van der Waals surface area contributed by atoms with E-state index in [1.54, 1.807) is 0 Å². The Bertz CT molecular complexity index is 437. The number of likely N-dealkylation sites (tertiary alicyclic amines) is 1. The maximum absolute atomic E-state index is 5.93. The number of nitrogens with zero attached hydrogens (tertiary/aromatic N) is 3. The Kier molecular flexibility index (Phi) is 9.38. The van der Waals surface area contributed by atoms with Gasteiger partial charge in [0.05, 0.1) is 0 Å². The van der Waals surface area contributed by atoms with Crippen molar-refractivity contribution in [3.8, 4) is 0 Å². The van der Waals surface area contributed by atoms with Crippen LogP contribution in [0, 0.1) is 5.92 Å². The van der Waals surface area contributed by atoms with E-state index in [4.69, 9.17) is 5.73 Å². The summed E-state index contributed by atoms with van der Waals surface area (Å²) < 4.78 is 0. The Hall–Kier alpha value is -0.890. The zero-order chi connectivity index (χ0) is 14.9. The summed E-state index contributed by atoms with van der Waals surface area (Å²) in [4.78, 5) is 11.3. The summed E-state index contributed by atoms with van der Waals surface area (Å²) in [6.45, 7) is 7.35. The number of aliphatic imine (C=N–C) groups is 1. The Morgan fingerprint density at radius 1 is 1.50 bits per heavy atom. The number of hydrogen-bond acceptors (Lipinski definition) is 3. The van der Waals surface area contributed by atoms with Crippen molar-refractivity contribution in [3.05, 3.63) is 30.1 Å². The minimum atomic E-state index is 0. The third-order valence-corrected chi connectivity index (χ3v) is 3.98. The van der Waals surface area contributed by atoms with Crippen molar-refractivity contribution in [1.29, 1.82) is 0 Å². The number of nitrogens with one attached hydrogen (secondary N) is 1. The van der Waals surface area contributed by atoms with Gasteiger partial charge in [0.25, 0.3) is 0 Å². The average Bonchev–Trinajstić information content (AvgIpc) is 2.54. The molecule has 1 atom stereocenters. The summed E-state index contributed by atoms with van der Waals surface area (Å²) in [5.41, 5.74) is 7.00.